The number of amides is 2. The molecule has 1 aromatic rings. The lowest BCUT2D eigenvalue weighted by Gasteiger charge is -2.04. The largest absolute Gasteiger partial charge is 0.466 e. The molecule has 1 aromatic heterocycles. The maximum Gasteiger partial charge on any atom is 0.305 e. The Morgan fingerprint density at radius 2 is 1.87 bits per heavy atom. The summed E-state index contributed by atoms with van der Waals surface area (Å²) >= 11 is 3.80. The Kier molecular flexibility index (Phi) is 9.64. The Morgan fingerprint density at radius 3 is 2.48 bits per heavy atom. The number of carbonyl (C=O) groups excluding carboxylic acids is 3. The van der Waals surface area contributed by atoms with Crippen LogP contribution in [0, 0.1) is 0 Å². The molecule has 0 unspecified atom stereocenters. The highest BCUT2D eigenvalue weighted by Gasteiger charge is 2.09. The lowest BCUT2D eigenvalue weighted by molar-refractivity contribution is -0.143. The van der Waals surface area contributed by atoms with Gasteiger partial charge in [-0.25, -0.2) is 0 Å². The van der Waals surface area contributed by atoms with E-state index in [1.807, 2.05) is 0 Å². The first-order valence-corrected chi connectivity index (χ1v) is 9.59. The number of carbonyl (C=O) groups is 3. The van der Waals surface area contributed by atoms with Crippen molar-refractivity contribution < 1.29 is 19.1 Å². The second-order valence-electron chi connectivity index (χ2n) is 4.14. The molecule has 8 nitrogen and oxygen atoms in total. The van der Waals surface area contributed by atoms with Crippen LogP contribution in [-0.4, -0.2) is 52.6 Å². The van der Waals surface area contributed by atoms with Gasteiger partial charge in [0.2, 0.25) is 11.8 Å². The van der Waals surface area contributed by atoms with Gasteiger partial charge >= 0.3 is 5.97 Å². The van der Waals surface area contributed by atoms with Crippen LogP contribution in [0.1, 0.15) is 19.8 Å². The van der Waals surface area contributed by atoms with E-state index in [4.69, 9.17) is 10.5 Å². The van der Waals surface area contributed by atoms with E-state index in [9.17, 15) is 14.4 Å². The number of nitrogens with one attached hydrogen (secondary N) is 1. The van der Waals surface area contributed by atoms with Crippen molar-refractivity contribution in [2.24, 2.45) is 5.73 Å². The molecule has 0 aliphatic carbocycles. The van der Waals surface area contributed by atoms with Gasteiger partial charge in [0.25, 0.3) is 0 Å². The van der Waals surface area contributed by atoms with Crippen LogP contribution in [0.2, 0.25) is 0 Å². The normalized spacial score (nSPS) is 10.3. The molecule has 0 aliphatic rings. The van der Waals surface area contributed by atoms with Gasteiger partial charge in [-0.3, -0.25) is 14.4 Å². The summed E-state index contributed by atoms with van der Waals surface area (Å²) in [7, 11) is 0. The van der Waals surface area contributed by atoms with E-state index in [1.54, 1.807) is 6.92 Å². The molecular weight excluding hydrogens is 360 g/mol. The van der Waals surface area contributed by atoms with Gasteiger partial charge in [-0.1, -0.05) is 34.9 Å². The molecule has 3 N–H and O–H groups in total. The van der Waals surface area contributed by atoms with Gasteiger partial charge in [0, 0.05) is 13.0 Å². The lowest BCUT2D eigenvalue weighted by Crippen LogP contribution is -2.26. The van der Waals surface area contributed by atoms with E-state index in [0.717, 1.165) is 0 Å². The van der Waals surface area contributed by atoms with Gasteiger partial charge in [0.05, 0.1) is 18.1 Å². The highest BCUT2D eigenvalue weighted by Crippen LogP contribution is 2.28. The van der Waals surface area contributed by atoms with Crippen LogP contribution < -0.4 is 11.1 Å². The van der Waals surface area contributed by atoms with Gasteiger partial charge in [0.1, 0.15) is 0 Å². The minimum Gasteiger partial charge on any atom is -0.466 e. The summed E-state index contributed by atoms with van der Waals surface area (Å²) in [6, 6.07) is 0. The summed E-state index contributed by atoms with van der Waals surface area (Å²) in [5, 5.41) is 10.5. The van der Waals surface area contributed by atoms with Gasteiger partial charge in [-0.05, 0) is 13.3 Å². The monoisotopic (exact) mass is 378 g/mol. The molecule has 0 radical (unpaired) electrons. The fraction of sp³-hybridized carbons (Fsp3) is 0.583. The molecule has 0 aliphatic heterocycles. The van der Waals surface area contributed by atoms with Crippen LogP contribution >= 0.6 is 34.9 Å². The molecule has 128 valence electrons. The van der Waals surface area contributed by atoms with Gasteiger partial charge in [0.15, 0.2) is 8.68 Å². The van der Waals surface area contributed by atoms with E-state index < -0.39 is 5.91 Å². The topological polar surface area (TPSA) is 124 Å². The van der Waals surface area contributed by atoms with Crippen LogP contribution in [0.5, 0.6) is 0 Å². The summed E-state index contributed by atoms with van der Waals surface area (Å²) in [6.45, 7) is 2.54. The van der Waals surface area contributed by atoms with E-state index in [-0.39, 0.29) is 29.8 Å². The maximum absolute atomic E-state index is 11.7. The molecular formula is C12H18N4O4S3. The van der Waals surface area contributed by atoms with Crippen LogP contribution in [0.3, 0.4) is 0 Å². The fourth-order valence-electron chi connectivity index (χ4n) is 1.32. The Balaban J connectivity index is 2.16. The Bertz CT molecular complexity index is 538. The van der Waals surface area contributed by atoms with Crippen LogP contribution in [0.25, 0.3) is 0 Å². The zero-order valence-electron chi connectivity index (χ0n) is 12.6. The fourth-order valence-corrected chi connectivity index (χ4v) is 3.91. The molecule has 11 heteroatoms. The number of hydrogen-bond donors (Lipinski definition) is 2. The highest BCUT2D eigenvalue weighted by atomic mass is 32.2. The van der Waals surface area contributed by atoms with Gasteiger partial charge in [-0.2, -0.15) is 0 Å². The van der Waals surface area contributed by atoms with Crippen LogP contribution in [-0.2, 0) is 19.1 Å². The van der Waals surface area contributed by atoms with Crippen LogP contribution in [0.4, 0.5) is 0 Å². The third-order valence-corrected chi connectivity index (χ3v) is 5.45. The first-order valence-electron chi connectivity index (χ1n) is 6.81. The SMILES string of the molecule is CCOC(=O)CCCNC(=O)CSc1nnc(SCC(N)=O)s1. The predicted octanol–water partition coefficient (Wildman–Crippen LogP) is 0.667. The average Bonchev–Trinajstić information content (AvgIpc) is 2.96. The Hall–Kier alpha value is -1.33. The molecule has 0 atom stereocenters. The van der Waals surface area contributed by atoms with Crippen LogP contribution in [0.15, 0.2) is 8.68 Å². The van der Waals surface area contributed by atoms with Crippen molar-refractivity contribution in [3.63, 3.8) is 0 Å². The predicted molar refractivity (Wildman–Crippen MR) is 89.4 cm³/mol. The summed E-state index contributed by atoms with van der Waals surface area (Å²) in [5.41, 5.74) is 5.05. The molecule has 0 fully saturated rings. The minimum atomic E-state index is -0.415. The number of ether oxygens (including phenoxy) is 1. The standard InChI is InChI=1S/C12H18N4O4S3/c1-2-20-10(19)4-3-5-14-9(18)7-22-12-16-15-11(23-12)21-6-8(13)17/h2-7H2,1H3,(H2,13,17)(H,14,18). The van der Waals surface area contributed by atoms with Crippen molar-refractivity contribution in [3.05, 3.63) is 0 Å². The summed E-state index contributed by atoms with van der Waals surface area (Å²) in [4.78, 5) is 33.4. The van der Waals surface area contributed by atoms with E-state index in [0.29, 0.717) is 28.3 Å². The Labute approximate surface area is 146 Å². The first-order chi connectivity index (χ1) is 11.0. The van der Waals surface area contributed by atoms with Crippen molar-refractivity contribution in [1.82, 2.24) is 15.5 Å². The third-order valence-electron chi connectivity index (χ3n) is 2.24. The van der Waals surface area contributed by atoms with Crippen molar-refractivity contribution in [2.45, 2.75) is 28.4 Å². The molecule has 0 bridgehead atoms. The number of primary amides is 1. The molecule has 0 aromatic carbocycles. The lowest BCUT2D eigenvalue weighted by atomic mass is 10.3. The van der Waals surface area contributed by atoms with E-state index in [1.165, 1.54) is 34.9 Å². The highest BCUT2D eigenvalue weighted by molar-refractivity contribution is 8.03. The molecule has 0 saturated heterocycles. The molecule has 1 rings (SSSR count). The second kappa shape index (κ2) is 11.2. The number of esters is 1. The van der Waals surface area contributed by atoms with E-state index in [2.05, 4.69) is 15.5 Å². The summed E-state index contributed by atoms with van der Waals surface area (Å²) < 4.78 is 6.08. The second-order valence-corrected chi connectivity index (χ2v) is 7.56. The molecule has 0 spiro atoms. The van der Waals surface area contributed by atoms with E-state index >= 15 is 0 Å². The Morgan fingerprint density at radius 1 is 1.22 bits per heavy atom. The summed E-state index contributed by atoms with van der Waals surface area (Å²) in [6.07, 6.45) is 0.833. The van der Waals surface area contributed by atoms with Crippen molar-refractivity contribution >= 4 is 52.6 Å². The number of nitrogens with two attached hydrogens (primary N) is 1. The molecule has 23 heavy (non-hydrogen) atoms. The minimum absolute atomic E-state index is 0.139. The first kappa shape index (κ1) is 19.7. The number of hydrogen-bond acceptors (Lipinski definition) is 9. The number of nitrogens with zero attached hydrogens (tertiary/aromatic N) is 2. The zero-order chi connectivity index (χ0) is 17.1. The third kappa shape index (κ3) is 9.41. The molecule has 1 heterocycles. The van der Waals surface area contributed by atoms with Gasteiger partial charge in [-0.15, -0.1) is 10.2 Å². The van der Waals surface area contributed by atoms with Crippen molar-refractivity contribution in [1.29, 1.82) is 0 Å². The molecule has 0 saturated carbocycles. The van der Waals surface area contributed by atoms with Crippen molar-refractivity contribution in [3.8, 4) is 0 Å². The van der Waals surface area contributed by atoms with Gasteiger partial charge < -0.3 is 15.8 Å². The number of aromatic nitrogens is 2. The number of rotatable bonds is 11. The molecule has 2 amide bonds. The zero-order valence-corrected chi connectivity index (χ0v) is 15.0. The summed E-state index contributed by atoms with van der Waals surface area (Å²) in [5.74, 6) is -0.442. The smallest absolute Gasteiger partial charge is 0.305 e. The number of thioether (sulfide) groups is 2. The average molecular weight is 379 g/mol. The quantitative estimate of drug-likeness (QED) is 0.327. The van der Waals surface area contributed by atoms with Crippen molar-refractivity contribution in [2.75, 3.05) is 24.7 Å². The maximum atomic E-state index is 11.7.